The van der Waals surface area contributed by atoms with Gasteiger partial charge < -0.3 is 20.1 Å². The molecule has 1 aromatic carbocycles. The molecule has 2 atom stereocenters. The van der Waals surface area contributed by atoms with Gasteiger partial charge >= 0.3 is 0 Å². The molecule has 24 heavy (non-hydrogen) atoms. The summed E-state index contributed by atoms with van der Waals surface area (Å²) >= 11 is 0. The van der Waals surface area contributed by atoms with Gasteiger partial charge in [0.2, 0.25) is 5.91 Å². The fourth-order valence-electron chi connectivity index (χ4n) is 3.93. The summed E-state index contributed by atoms with van der Waals surface area (Å²) in [6.07, 6.45) is 3.96. The molecule has 1 aromatic rings. The van der Waals surface area contributed by atoms with Crippen molar-refractivity contribution in [3.8, 4) is 0 Å². The van der Waals surface area contributed by atoms with Crippen molar-refractivity contribution in [3.63, 3.8) is 0 Å². The summed E-state index contributed by atoms with van der Waals surface area (Å²) in [6.45, 7) is 5.75. The van der Waals surface area contributed by atoms with E-state index in [0.717, 1.165) is 50.1 Å². The minimum Gasteiger partial charge on any atom is -0.389 e. The number of para-hydroxylation sites is 2. The predicted octanol–water partition coefficient (Wildman–Crippen LogP) is 2.93. The highest BCUT2D eigenvalue weighted by molar-refractivity contribution is 5.95. The summed E-state index contributed by atoms with van der Waals surface area (Å²) in [6, 6.07) is 7.87. The van der Waals surface area contributed by atoms with Gasteiger partial charge in [0, 0.05) is 13.1 Å². The van der Waals surface area contributed by atoms with Gasteiger partial charge in [0.05, 0.1) is 35.6 Å². The van der Waals surface area contributed by atoms with E-state index in [1.54, 1.807) is 0 Å². The Kier molecular flexibility index (Phi) is 5.11. The van der Waals surface area contributed by atoms with E-state index in [0.29, 0.717) is 0 Å². The van der Waals surface area contributed by atoms with E-state index >= 15 is 0 Å². The fourth-order valence-corrected chi connectivity index (χ4v) is 3.93. The van der Waals surface area contributed by atoms with E-state index in [-0.39, 0.29) is 24.5 Å². The van der Waals surface area contributed by atoms with Crippen molar-refractivity contribution in [2.45, 2.75) is 63.8 Å². The summed E-state index contributed by atoms with van der Waals surface area (Å²) in [7, 11) is 0. The van der Waals surface area contributed by atoms with Crippen molar-refractivity contribution in [2.75, 3.05) is 23.3 Å². The number of morpholine rings is 1. The van der Waals surface area contributed by atoms with Gasteiger partial charge in [-0.25, -0.2) is 0 Å². The second-order valence-electron chi connectivity index (χ2n) is 7.34. The quantitative estimate of drug-likeness (QED) is 0.890. The minimum atomic E-state index is -0.818. The second-order valence-corrected chi connectivity index (χ2v) is 7.34. The van der Waals surface area contributed by atoms with E-state index in [2.05, 4.69) is 24.1 Å². The first-order valence-electron chi connectivity index (χ1n) is 8.97. The molecule has 132 valence electrons. The van der Waals surface area contributed by atoms with E-state index in [9.17, 15) is 9.90 Å². The molecule has 2 aliphatic rings. The number of anilines is 2. The van der Waals surface area contributed by atoms with Crippen molar-refractivity contribution in [1.82, 2.24) is 0 Å². The minimum absolute atomic E-state index is 0.110. The number of ether oxygens (including phenoxy) is 1. The number of amides is 1. The third kappa shape index (κ3) is 4.08. The first kappa shape index (κ1) is 17.2. The second kappa shape index (κ2) is 7.11. The maximum absolute atomic E-state index is 12.4. The number of carbonyl (C=O) groups is 1. The fraction of sp³-hybridized carbons (Fsp3) is 0.632. The molecule has 3 rings (SSSR count). The van der Waals surface area contributed by atoms with Crippen LogP contribution in [0.3, 0.4) is 0 Å². The number of benzene rings is 1. The lowest BCUT2D eigenvalue weighted by molar-refractivity contribution is -0.120. The van der Waals surface area contributed by atoms with Crippen molar-refractivity contribution < 1.29 is 14.6 Å². The van der Waals surface area contributed by atoms with Crippen LogP contribution in [0.2, 0.25) is 0 Å². The molecule has 1 aliphatic heterocycles. The van der Waals surface area contributed by atoms with Gasteiger partial charge in [-0.2, -0.15) is 0 Å². The topological polar surface area (TPSA) is 61.8 Å². The molecule has 2 unspecified atom stereocenters. The van der Waals surface area contributed by atoms with Gasteiger partial charge in [-0.1, -0.05) is 25.0 Å². The average Bonchev–Trinajstić information content (AvgIpc) is 2.92. The number of rotatable bonds is 4. The van der Waals surface area contributed by atoms with Crippen molar-refractivity contribution in [2.24, 2.45) is 0 Å². The summed E-state index contributed by atoms with van der Waals surface area (Å²) in [4.78, 5) is 14.7. The Balaban J connectivity index is 1.71. The van der Waals surface area contributed by atoms with Gasteiger partial charge in [0.1, 0.15) is 0 Å². The first-order valence-corrected chi connectivity index (χ1v) is 8.97. The van der Waals surface area contributed by atoms with Crippen LogP contribution in [0.1, 0.15) is 46.0 Å². The Hall–Kier alpha value is -1.59. The van der Waals surface area contributed by atoms with Crippen LogP contribution >= 0.6 is 0 Å². The largest absolute Gasteiger partial charge is 0.389 e. The average molecular weight is 332 g/mol. The first-order chi connectivity index (χ1) is 11.5. The van der Waals surface area contributed by atoms with Crippen LogP contribution in [0.5, 0.6) is 0 Å². The molecular weight excluding hydrogens is 304 g/mol. The van der Waals surface area contributed by atoms with Crippen LogP contribution in [0, 0.1) is 0 Å². The molecule has 1 aliphatic carbocycles. The summed E-state index contributed by atoms with van der Waals surface area (Å²) in [5.41, 5.74) is 1.01. The van der Waals surface area contributed by atoms with E-state index < -0.39 is 5.60 Å². The molecule has 2 fully saturated rings. The van der Waals surface area contributed by atoms with Crippen molar-refractivity contribution >= 4 is 17.3 Å². The Morgan fingerprint density at radius 1 is 1.25 bits per heavy atom. The van der Waals surface area contributed by atoms with Gasteiger partial charge in [0.15, 0.2) is 0 Å². The van der Waals surface area contributed by atoms with Crippen LogP contribution in [0.25, 0.3) is 0 Å². The lowest BCUT2D eigenvalue weighted by Crippen LogP contribution is -2.45. The van der Waals surface area contributed by atoms with Crippen LogP contribution in [0.4, 0.5) is 11.4 Å². The number of aliphatic hydroxyl groups is 1. The summed E-state index contributed by atoms with van der Waals surface area (Å²) in [5.74, 6) is -0.110. The maximum Gasteiger partial charge on any atom is 0.227 e. The number of nitrogens with one attached hydrogen (secondary N) is 1. The molecule has 1 saturated carbocycles. The van der Waals surface area contributed by atoms with Crippen molar-refractivity contribution in [3.05, 3.63) is 24.3 Å². The summed E-state index contributed by atoms with van der Waals surface area (Å²) < 4.78 is 5.80. The Bertz CT molecular complexity index is 574. The number of hydrogen-bond acceptors (Lipinski definition) is 4. The van der Waals surface area contributed by atoms with Gasteiger partial charge in [-0.05, 0) is 38.8 Å². The number of carbonyl (C=O) groups excluding carboxylic acids is 1. The maximum atomic E-state index is 12.4. The van der Waals surface area contributed by atoms with E-state index in [4.69, 9.17) is 4.74 Å². The third-order valence-electron chi connectivity index (χ3n) is 4.96. The highest BCUT2D eigenvalue weighted by Gasteiger charge is 2.33. The lowest BCUT2D eigenvalue weighted by atomic mass is 9.97. The zero-order chi connectivity index (χ0) is 17.2. The highest BCUT2D eigenvalue weighted by Crippen LogP contribution is 2.33. The predicted molar refractivity (Wildman–Crippen MR) is 95.3 cm³/mol. The lowest BCUT2D eigenvalue weighted by Gasteiger charge is -2.37. The van der Waals surface area contributed by atoms with E-state index in [1.165, 1.54) is 0 Å². The molecule has 0 spiro atoms. The normalized spacial score (nSPS) is 26.4. The molecule has 5 nitrogen and oxygen atoms in total. The van der Waals surface area contributed by atoms with Crippen LogP contribution < -0.4 is 10.2 Å². The Morgan fingerprint density at radius 2 is 1.88 bits per heavy atom. The molecule has 0 bridgehead atoms. The number of hydrogen-bond donors (Lipinski definition) is 2. The smallest absolute Gasteiger partial charge is 0.227 e. The van der Waals surface area contributed by atoms with Crippen LogP contribution in [-0.4, -0.2) is 41.9 Å². The Labute approximate surface area is 144 Å². The molecule has 2 N–H and O–H groups in total. The molecule has 1 saturated heterocycles. The van der Waals surface area contributed by atoms with Crippen LogP contribution in [-0.2, 0) is 9.53 Å². The molecule has 5 heteroatoms. The molecule has 1 amide bonds. The van der Waals surface area contributed by atoms with Crippen molar-refractivity contribution in [1.29, 1.82) is 0 Å². The zero-order valence-electron chi connectivity index (χ0n) is 14.6. The molecule has 0 aromatic heterocycles. The molecule has 0 radical (unpaired) electrons. The van der Waals surface area contributed by atoms with E-state index in [1.807, 2.05) is 24.3 Å². The van der Waals surface area contributed by atoms with Gasteiger partial charge in [0.25, 0.3) is 0 Å². The van der Waals surface area contributed by atoms with Gasteiger partial charge in [-0.15, -0.1) is 0 Å². The number of nitrogens with zero attached hydrogens (tertiary/aromatic N) is 1. The molecule has 1 heterocycles. The SMILES string of the molecule is CC1CN(c2ccccc2NC(=O)CC2(O)CCCC2)CC(C)O1. The van der Waals surface area contributed by atoms with Crippen LogP contribution in [0.15, 0.2) is 24.3 Å². The standard InChI is InChI=1S/C19H28N2O3/c1-14-12-21(13-15(2)24-14)17-8-4-3-7-16(17)20-18(22)11-19(23)9-5-6-10-19/h3-4,7-8,14-15,23H,5-6,9-13H2,1-2H3,(H,20,22). The molecular formula is C19H28N2O3. The third-order valence-corrected chi connectivity index (χ3v) is 4.96. The highest BCUT2D eigenvalue weighted by atomic mass is 16.5. The zero-order valence-corrected chi connectivity index (χ0v) is 14.6. The summed E-state index contributed by atoms with van der Waals surface area (Å²) in [5, 5.41) is 13.4. The Morgan fingerprint density at radius 3 is 2.54 bits per heavy atom. The van der Waals surface area contributed by atoms with Gasteiger partial charge in [-0.3, -0.25) is 4.79 Å². The monoisotopic (exact) mass is 332 g/mol.